The van der Waals surface area contributed by atoms with E-state index < -0.39 is 0 Å². The molecule has 31 heavy (non-hydrogen) atoms. The topological polar surface area (TPSA) is 122 Å². The van der Waals surface area contributed by atoms with E-state index in [4.69, 9.17) is 0 Å². The summed E-state index contributed by atoms with van der Waals surface area (Å²) in [5.41, 5.74) is 0.790. The van der Waals surface area contributed by atoms with E-state index in [0.29, 0.717) is 40.1 Å². The van der Waals surface area contributed by atoms with Crippen LogP contribution in [0.25, 0.3) is 34.1 Å². The normalized spacial score (nSPS) is 15.5. The Bertz CT molecular complexity index is 1480. The van der Waals surface area contributed by atoms with Crippen LogP contribution in [0.4, 0.5) is 0 Å². The SMILES string of the molecule is C[C@H]1CCc2nnc(-c3cccc(-n4ncc5nn(-c6cnccn6)cc5c4=O)n3)n21. The molecule has 0 fully saturated rings. The quantitative estimate of drug-likeness (QED) is 0.437. The van der Waals surface area contributed by atoms with Crippen LogP contribution >= 0.6 is 0 Å². The van der Waals surface area contributed by atoms with Crippen LogP contribution in [0.3, 0.4) is 0 Å². The van der Waals surface area contributed by atoms with Crippen molar-refractivity contribution in [3.63, 3.8) is 0 Å². The fourth-order valence-electron chi connectivity index (χ4n) is 3.88. The first-order valence-electron chi connectivity index (χ1n) is 9.85. The van der Waals surface area contributed by atoms with Crippen molar-refractivity contribution in [2.75, 3.05) is 0 Å². The zero-order valence-corrected chi connectivity index (χ0v) is 16.5. The average molecular weight is 412 g/mol. The molecule has 1 aliphatic heterocycles. The number of hydrogen-bond acceptors (Lipinski definition) is 8. The summed E-state index contributed by atoms with van der Waals surface area (Å²) in [6.07, 6.45) is 9.81. The van der Waals surface area contributed by atoms with Crippen molar-refractivity contribution in [3.8, 4) is 23.2 Å². The van der Waals surface area contributed by atoms with Gasteiger partial charge < -0.3 is 4.57 Å². The van der Waals surface area contributed by atoms with Gasteiger partial charge in [-0.2, -0.15) is 14.9 Å². The van der Waals surface area contributed by atoms with Gasteiger partial charge in [0.15, 0.2) is 17.5 Å². The average Bonchev–Trinajstić information content (AvgIpc) is 3.51. The van der Waals surface area contributed by atoms with Gasteiger partial charge in [0, 0.05) is 31.1 Å². The van der Waals surface area contributed by atoms with Crippen LogP contribution in [-0.4, -0.2) is 49.3 Å². The highest BCUT2D eigenvalue weighted by Crippen LogP contribution is 2.29. The summed E-state index contributed by atoms with van der Waals surface area (Å²) in [4.78, 5) is 26.1. The highest BCUT2D eigenvalue weighted by atomic mass is 16.1. The van der Waals surface area contributed by atoms with Crippen LogP contribution in [0.1, 0.15) is 25.2 Å². The lowest BCUT2D eigenvalue weighted by molar-refractivity contribution is 0.581. The number of aromatic nitrogens is 10. The van der Waals surface area contributed by atoms with Gasteiger partial charge in [-0.25, -0.2) is 14.6 Å². The predicted octanol–water partition coefficient (Wildman–Crippen LogP) is 1.52. The summed E-state index contributed by atoms with van der Waals surface area (Å²) in [6.45, 7) is 2.14. The summed E-state index contributed by atoms with van der Waals surface area (Å²) in [5, 5.41) is 17.7. The first-order valence-corrected chi connectivity index (χ1v) is 9.85. The maximum atomic E-state index is 13.1. The number of pyridine rings is 1. The molecule has 0 spiro atoms. The zero-order valence-electron chi connectivity index (χ0n) is 16.5. The van der Waals surface area contributed by atoms with Gasteiger partial charge in [-0.3, -0.25) is 9.78 Å². The standard InChI is InChI=1S/C20H16N10O/c1-12-5-6-17-25-26-19(29(12)17)14-3-2-4-16(24-14)30-20(31)13-11-28(27-15(13)9-23-30)18-10-21-7-8-22-18/h2-4,7-12H,5-6H2,1H3/t12-/m0/s1. The molecule has 6 heterocycles. The number of hydrogen-bond donors (Lipinski definition) is 0. The minimum atomic E-state index is -0.322. The van der Waals surface area contributed by atoms with Gasteiger partial charge in [0.05, 0.1) is 17.8 Å². The molecular formula is C20H16N10O. The second-order valence-corrected chi connectivity index (χ2v) is 7.38. The maximum absolute atomic E-state index is 13.1. The molecule has 152 valence electrons. The first-order chi connectivity index (χ1) is 15.2. The van der Waals surface area contributed by atoms with E-state index in [0.717, 1.165) is 18.7 Å². The molecule has 5 aromatic rings. The first kappa shape index (κ1) is 17.6. The summed E-state index contributed by atoms with van der Waals surface area (Å²) in [7, 11) is 0. The van der Waals surface area contributed by atoms with Crippen molar-refractivity contribution in [1.29, 1.82) is 0 Å². The number of aryl methyl sites for hydroxylation is 1. The second kappa shape index (κ2) is 6.62. The number of nitrogens with zero attached hydrogens (tertiary/aromatic N) is 10. The van der Waals surface area contributed by atoms with Crippen LogP contribution in [0, 0.1) is 0 Å². The molecule has 0 aromatic carbocycles. The van der Waals surface area contributed by atoms with Crippen molar-refractivity contribution in [3.05, 3.63) is 65.4 Å². The summed E-state index contributed by atoms with van der Waals surface area (Å²) in [6, 6.07) is 5.75. The Hall–Kier alpha value is -4.28. The smallest absolute Gasteiger partial charge is 0.284 e. The molecule has 0 unspecified atom stereocenters. The van der Waals surface area contributed by atoms with Gasteiger partial charge >= 0.3 is 0 Å². The second-order valence-electron chi connectivity index (χ2n) is 7.38. The Kier molecular flexibility index (Phi) is 3.75. The molecular weight excluding hydrogens is 396 g/mol. The maximum Gasteiger partial charge on any atom is 0.284 e. The molecule has 11 nitrogen and oxygen atoms in total. The van der Waals surface area contributed by atoms with Crippen molar-refractivity contribution < 1.29 is 0 Å². The Labute approximate surface area is 175 Å². The van der Waals surface area contributed by atoms with E-state index in [1.54, 1.807) is 30.9 Å². The highest BCUT2D eigenvalue weighted by Gasteiger charge is 2.25. The molecule has 5 aromatic heterocycles. The van der Waals surface area contributed by atoms with Crippen LogP contribution < -0.4 is 5.56 Å². The molecule has 0 radical (unpaired) electrons. The third-order valence-corrected chi connectivity index (χ3v) is 5.42. The molecule has 11 heteroatoms. The van der Waals surface area contributed by atoms with Gasteiger partial charge in [0.25, 0.3) is 5.56 Å². The minimum Gasteiger partial charge on any atom is -0.307 e. The minimum absolute atomic E-state index is 0.314. The molecule has 0 saturated heterocycles. The van der Waals surface area contributed by atoms with Gasteiger partial charge in [0.2, 0.25) is 0 Å². The Morgan fingerprint density at radius 1 is 1.10 bits per heavy atom. The fourth-order valence-corrected chi connectivity index (χ4v) is 3.88. The highest BCUT2D eigenvalue weighted by molar-refractivity contribution is 5.76. The molecule has 0 amide bonds. The molecule has 6 rings (SSSR count). The summed E-state index contributed by atoms with van der Waals surface area (Å²) >= 11 is 0. The number of fused-ring (bicyclic) bond motifs is 2. The van der Waals surface area contributed by atoms with E-state index >= 15 is 0 Å². The van der Waals surface area contributed by atoms with Gasteiger partial charge in [-0.15, -0.1) is 10.2 Å². The molecule has 1 atom stereocenters. The molecule has 1 aliphatic rings. The molecule has 0 aliphatic carbocycles. The lowest BCUT2D eigenvalue weighted by atomic mass is 10.2. The lowest BCUT2D eigenvalue weighted by Crippen LogP contribution is -2.21. The fraction of sp³-hybridized carbons (Fsp3) is 0.200. The van der Waals surface area contributed by atoms with Gasteiger partial charge in [-0.1, -0.05) is 6.07 Å². The van der Waals surface area contributed by atoms with Crippen molar-refractivity contribution >= 4 is 10.9 Å². The van der Waals surface area contributed by atoms with E-state index in [9.17, 15) is 4.79 Å². The Morgan fingerprint density at radius 2 is 2.03 bits per heavy atom. The largest absolute Gasteiger partial charge is 0.307 e. The molecule has 0 saturated carbocycles. The van der Waals surface area contributed by atoms with Crippen LogP contribution in [0.2, 0.25) is 0 Å². The molecule has 0 bridgehead atoms. The van der Waals surface area contributed by atoms with Gasteiger partial charge in [0.1, 0.15) is 17.0 Å². The Balaban J connectivity index is 1.45. The number of rotatable bonds is 3. The third kappa shape index (κ3) is 2.74. The van der Waals surface area contributed by atoms with Crippen LogP contribution in [0.15, 0.2) is 54.0 Å². The summed E-state index contributed by atoms with van der Waals surface area (Å²) in [5.74, 6) is 2.58. The van der Waals surface area contributed by atoms with E-state index in [1.807, 2.05) is 12.1 Å². The zero-order chi connectivity index (χ0) is 20.9. The Morgan fingerprint density at radius 3 is 2.90 bits per heavy atom. The van der Waals surface area contributed by atoms with E-state index in [2.05, 4.69) is 46.8 Å². The van der Waals surface area contributed by atoms with Crippen LogP contribution in [-0.2, 0) is 6.42 Å². The third-order valence-electron chi connectivity index (χ3n) is 5.42. The lowest BCUT2D eigenvalue weighted by Gasteiger charge is -2.10. The van der Waals surface area contributed by atoms with Crippen molar-refractivity contribution in [2.45, 2.75) is 25.8 Å². The van der Waals surface area contributed by atoms with Crippen molar-refractivity contribution in [2.24, 2.45) is 0 Å². The van der Waals surface area contributed by atoms with Crippen molar-refractivity contribution in [1.82, 2.24) is 49.3 Å². The van der Waals surface area contributed by atoms with E-state index in [-0.39, 0.29) is 5.56 Å². The van der Waals surface area contributed by atoms with Gasteiger partial charge in [-0.05, 0) is 25.5 Å². The van der Waals surface area contributed by atoms with Crippen LogP contribution in [0.5, 0.6) is 0 Å². The monoisotopic (exact) mass is 412 g/mol. The molecule has 0 N–H and O–H groups in total. The predicted molar refractivity (Wildman–Crippen MR) is 110 cm³/mol. The van der Waals surface area contributed by atoms with E-state index in [1.165, 1.54) is 15.6 Å². The summed E-state index contributed by atoms with van der Waals surface area (Å²) < 4.78 is 4.88.